The van der Waals surface area contributed by atoms with E-state index >= 15 is 0 Å². The van der Waals surface area contributed by atoms with Crippen LogP contribution < -0.4 is 5.73 Å². The Morgan fingerprint density at radius 3 is 2.46 bits per heavy atom. The van der Waals surface area contributed by atoms with Crippen molar-refractivity contribution < 1.29 is 23.5 Å². The highest BCUT2D eigenvalue weighted by Crippen LogP contribution is 2.22. The number of rotatable bonds is 7. The van der Waals surface area contributed by atoms with Crippen LogP contribution in [0.1, 0.15) is 45.2 Å². The van der Waals surface area contributed by atoms with Crippen LogP contribution >= 0.6 is 0 Å². The van der Waals surface area contributed by atoms with Crippen molar-refractivity contribution in [2.75, 3.05) is 19.5 Å². The van der Waals surface area contributed by atoms with Crippen LogP contribution in [-0.2, 0) is 22.3 Å². The van der Waals surface area contributed by atoms with E-state index in [0.717, 1.165) is 24.0 Å². The molecule has 0 aliphatic carbocycles. The second-order valence-electron chi connectivity index (χ2n) is 5.26. The van der Waals surface area contributed by atoms with Crippen molar-refractivity contribution in [3.63, 3.8) is 0 Å². The van der Waals surface area contributed by atoms with Gasteiger partial charge in [0.05, 0.1) is 25.5 Å². The van der Waals surface area contributed by atoms with Crippen LogP contribution in [0.2, 0.25) is 0 Å². The number of benzene rings is 1. The van der Waals surface area contributed by atoms with E-state index in [0.29, 0.717) is 17.5 Å². The maximum absolute atomic E-state index is 11.9. The van der Waals surface area contributed by atoms with Gasteiger partial charge in [0.15, 0.2) is 0 Å². The highest BCUT2D eigenvalue weighted by Gasteiger charge is 2.19. The molecule has 24 heavy (non-hydrogen) atoms. The first-order chi connectivity index (χ1) is 11.6. The van der Waals surface area contributed by atoms with Gasteiger partial charge in [-0.05, 0) is 43.9 Å². The molecule has 128 valence electrons. The Kier molecular flexibility index (Phi) is 6.01. The van der Waals surface area contributed by atoms with Crippen LogP contribution in [0.5, 0.6) is 0 Å². The minimum absolute atomic E-state index is 0.0888. The third kappa shape index (κ3) is 4.16. The first-order valence-corrected chi connectivity index (χ1v) is 7.77. The minimum Gasteiger partial charge on any atom is -0.465 e. The van der Waals surface area contributed by atoms with Crippen molar-refractivity contribution in [3.05, 3.63) is 52.8 Å². The Morgan fingerprint density at radius 1 is 1.12 bits per heavy atom. The van der Waals surface area contributed by atoms with E-state index < -0.39 is 5.97 Å². The number of methoxy groups -OCH3 is 1. The number of nitrogens with two attached hydrogens (primary N) is 1. The summed E-state index contributed by atoms with van der Waals surface area (Å²) in [5, 5.41) is 0. The molecule has 1 heterocycles. The fraction of sp³-hybridized carbons (Fsp3) is 0.333. The molecule has 0 atom stereocenters. The van der Waals surface area contributed by atoms with E-state index in [1.54, 1.807) is 19.1 Å². The Morgan fingerprint density at radius 2 is 1.83 bits per heavy atom. The lowest BCUT2D eigenvalue weighted by Crippen LogP contribution is -2.09. The largest absolute Gasteiger partial charge is 0.465 e. The van der Waals surface area contributed by atoms with Crippen molar-refractivity contribution in [1.29, 1.82) is 0 Å². The molecule has 0 aliphatic heterocycles. The Hall–Kier alpha value is -2.76. The summed E-state index contributed by atoms with van der Waals surface area (Å²) in [5.74, 6) is -0.721. The molecule has 0 radical (unpaired) electrons. The monoisotopic (exact) mass is 331 g/mol. The van der Waals surface area contributed by atoms with Gasteiger partial charge in [0.25, 0.3) is 0 Å². The molecule has 2 rings (SSSR count). The van der Waals surface area contributed by atoms with Crippen molar-refractivity contribution in [2.45, 2.75) is 26.2 Å². The first kappa shape index (κ1) is 17.6. The van der Waals surface area contributed by atoms with Gasteiger partial charge in [-0.3, -0.25) is 0 Å². The number of nitrogen functional groups attached to an aromatic ring is 1. The smallest absolute Gasteiger partial charge is 0.343 e. The number of aryl methyl sites for hydroxylation is 2. The van der Waals surface area contributed by atoms with Crippen molar-refractivity contribution in [3.8, 4) is 0 Å². The molecule has 0 saturated heterocycles. The lowest BCUT2D eigenvalue weighted by molar-refractivity contribution is 0.0525. The van der Waals surface area contributed by atoms with Gasteiger partial charge >= 0.3 is 11.9 Å². The lowest BCUT2D eigenvalue weighted by Gasteiger charge is -2.05. The summed E-state index contributed by atoms with van der Waals surface area (Å²) in [6.45, 7) is 2.03. The van der Waals surface area contributed by atoms with Gasteiger partial charge in [0, 0.05) is 5.56 Å². The van der Waals surface area contributed by atoms with E-state index in [2.05, 4.69) is 4.74 Å². The van der Waals surface area contributed by atoms with Gasteiger partial charge in [-0.15, -0.1) is 0 Å². The van der Waals surface area contributed by atoms with Crippen molar-refractivity contribution >= 4 is 17.8 Å². The topological polar surface area (TPSA) is 91.8 Å². The second kappa shape index (κ2) is 8.19. The zero-order valence-electron chi connectivity index (χ0n) is 13.8. The molecule has 2 aromatic rings. The molecule has 0 saturated carbocycles. The quantitative estimate of drug-likeness (QED) is 0.784. The molecule has 6 nitrogen and oxygen atoms in total. The summed E-state index contributed by atoms with van der Waals surface area (Å²) in [4.78, 5) is 23.3. The number of esters is 2. The molecule has 0 fully saturated rings. The number of hydrogen-bond donors (Lipinski definition) is 1. The normalized spacial score (nSPS) is 10.4. The molecule has 6 heteroatoms. The number of furan rings is 1. The molecule has 0 spiro atoms. The SMILES string of the molecule is CCOC(=O)c1c(CCCc2ccc(C(=O)OC)cc2)coc1N. The maximum Gasteiger partial charge on any atom is 0.343 e. The van der Waals surface area contributed by atoms with Gasteiger partial charge in [-0.1, -0.05) is 12.1 Å². The number of carbonyl (C=O) groups excluding carboxylic acids is 2. The lowest BCUT2D eigenvalue weighted by atomic mass is 10.0. The van der Waals surface area contributed by atoms with Crippen LogP contribution in [0.15, 0.2) is 34.9 Å². The number of hydrogen-bond acceptors (Lipinski definition) is 6. The third-order valence-corrected chi connectivity index (χ3v) is 3.66. The minimum atomic E-state index is -0.457. The highest BCUT2D eigenvalue weighted by molar-refractivity contribution is 5.95. The highest BCUT2D eigenvalue weighted by atomic mass is 16.5. The summed E-state index contributed by atoms with van der Waals surface area (Å²) in [6.07, 6.45) is 3.76. The molecule has 1 aromatic heterocycles. The van der Waals surface area contributed by atoms with Gasteiger partial charge in [0.1, 0.15) is 5.56 Å². The average molecular weight is 331 g/mol. The van der Waals surface area contributed by atoms with Gasteiger partial charge in [0.2, 0.25) is 5.88 Å². The fourth-order valence-electron chi connectivity index (χ4n) is 2.44. The zero-order chi connectivity index (χ0) is 17.5. The first-order valence-electron chi connectivity index (χ1n) is 7.77. The molecule has 1 aromatic carbocycles. The maximum atomic E-state index is 11.9. The van der Waals surface area contributed by atoms with E-state index in [1.807, 2.05) is 12.1 Å². The molecule has 0 unspecified atom stereocenters. The molecule has 0 aliphatic rings. The van der Waals surface area contributed by atoms with E-state index in [9.17, 15) is 9.59 Å². The summed E-state index contributed by atoms with van der Waals surface area (Å²) in [5.41, 5.74) is 8.38. The van der Waals surface area contributed by atoms with Gasteiger partial charge in [-0.25, -0.2) is 9.59 Å². The summed E-state index contributed by atoms with van der Waals surface area (Å²) < 4.78 is 14.8. The molecular weight excluding hydrogens is 310 g/mol. The van der Waals surface area contributed by atoms with E-state index in [1.165, 1.54) is 13.4 Å². The number of ether oxygens (including phenoxy) is 2. The second-order valence-corrected chi connectivity index (χ2v) is 5.26. The summed E-state index contributed by atoms with van der Waals surface area (Å²) in [7, 11) is 1.36. The molecule has 0 amide bonds. The van der Waals surface area contributed by atoms with E-state index in [-0.39, 0.29) is 18.5 Å². The van der Waals surface area contributed by atoms with E-state index in [4.69, 9.17) is 14.9 Å². The standard InChI is InChI=1S/C18H21NO5/c1-3-23-18(21)15-14(11-24-16(15)19)6-4-5-12-7-9-13(10-8-12)17(20)22-2/h7-11H,3-6,19H2,1-2H3. The van der Waals surface area contributed by atoms with Crippen LogP contribution in [0.3, 0.4) is 0 Å². The predicted octanol–water partition coefficient (Wildman–Crippen LogP) is 3.00. The van der Waals surface area contributed by atoms with Crippen molar-refractivity contribution in [1.82, 2.24) is 0 Å². The van der Waals surface area contributed by atoms with Gasteiger partial charge in [-0.2, -0.15) is 0 Å². The average Bonchev–Trinajstić information content (AvgIpc) is 2.96. The molecular formula is C18H21NO5. The molecule has 0 bridgehead atoms. The Labute approximate surface area is 140 Å². The van der Waals surface area contributed by atoms with Gasteiger partial charge < -0.3 is 19.6 Å². The van der Waals surface area contributed by atoms with Crippen LogP contribution in [-0.4, -0.2) is 25.7 Å². The Bertz CT molecular complexity index is 703. The summed E-state index contributed by atoms with van der Waals surface area (Å²) in [6, 6.07) is 7.26. The Balaban J connectivity index is 1.95. The summed E-state index contributed by atoms with van der Waals surface area (Å²) >= 11 is 0. The number of carbonyl (C=O) groups is 2. The fourth-order valence-corrected chi connectivity index (χ4v) is 2.44. The number of anilines is 1. The zero-order valence-corrected chi connectivity index (χ0v) is 13.8. The van der Waals surface area contributed by atoms with Crippen LogP contribution in [0, 0.1) is 0 Å². The van der Waals surface area contributed by atoms with Crippen LogP contribution in [0.25, 0.3) is 0 Å². The predicted molar refractivity (Wildman–Crippen MR) is 88.9 cm³/mol. The van der Waals surface area contributed by atoms with Crippen molar-refractivity contribution in [2.24, 2.45) is 0 Å². The third-order valence-electron chi connectivity index (χ3n) is 3.66. The van der Waals surface area contributed by atoms with Crippen LogP contribution in [0.4, 0.5) is 5.88 Å². The molecule has 2 N–H and O–H groups in total.